The minimum Gasteiger partial charge on any atom is -0.373 e. The van der Waals surface area contributed by atoms with Crippen molar-refractivity contribution in [2.45, 2.75) is 26.7 Å². The number of hydrogen-bond donors (Lipinski definition) is 1. The molecule has 20 heavy (non-hydrogen) atoms. The fourth-order valence-corrected chi connectivity index (χ4v) is 2.97. The Bertz CT molecular complexity index is 460. The Kier molecular flexibility index (Phi) is 4.81. The monoisotopic (exact) mass is 277 g/mol. The van der Waals surface area contributed by atoms with Crippen molar-refractivity contribution in [2.75, 3.05) is 51.0 Å². The highest BCUT2D eigenvalue weighted by molar-refractivity contribution is 5.58. The third-order valence-corrected chi connectivity index (χ3v) is 4.10. The summed E-state index contributed by atoms with van der Waals surface area (Å²) in [7, 11) is 6.27. The molecule has 0 spiro atoms. The Morgan fingerprint density at radius 1 is 1.40 bits per heavy atom. The van der Waals surface area contributed by atoms with Crippen molar-refractivity contribution in [3.63, 3.8) is 0 Å². The minimum atomic E-state index is 0.738. The highest BCUT2D eigenvalue weighted by Gasteiger charge is 2.22. The van der Waals surface area contributed by atoms with Gasteiger partial charge < -0.3 is 15.1 Å². The Labute approximate surface area is 122 Å². The summed E-state index contributed by atoms with van der Waals surface area (Å²) in [5.41, 5.74) is 1.14. The molecule has 1 fully saturated rings. The van der Waals surface area contributed by atoms with Crippen LogP contribution in [-0.4, -0.2) is 55.6 Å². The van der Waals surface area contributed by atoms with Gasteiger partial charge in [-0.15, -0.1) is 0 Å². The Morgan fingerprint density at radius 3 is 2.70 bits per heavy atom. The normalized spacial score (nSPS) is 19.4. The van der Waals surface area contributed by atoms with Crippen LogP contribution in [-0.2, 0) is 6.42 Å². The SMILES string of the molecule is CCc1nc(NC)c(C)c(N(C)CC2CCN(C)C2)n1. The van der Waals surface area contributed by atoms with Gasteiger partial charge in [0.05, 0.1) is 0 Å². The van der Waals surface area contributed by atoms with Gasteiger partial charge in [-0.3, -0.25) is 0 Å². The standard InChI is InChI=1S/C15H27N5/c1-6-13-17-14(16-3)11(2)15(18-13)20(5)10-12-7-8-19(4)9-12/h12H,6-10H2,1-5H3,(H,16,17,18). The van der Waals surface area contributed by atoms with Crippen molar-refractivity contribution in [3.8, 4) is 0 Å². The van der Waals surface area contributed by atoms with E-state index in [0.717, 1.165) is 41.9 Å². The van der Waals surface area contributed by atoms with Gasteiger partial charge in [0.2, 0.25) is 0 Å². The van der Waals surface area contributed by atoms with E-state index in [1.54, 1.807) is 0 Å². The van der Waals surface area contributed by atoms with Crippen LogP contribution in [0.1, 0.15) is 24.7 Å². The number of rotatable bonds is 5. The topological polar surface area (TPSA) is 44.3 Å². The first-order chi connectivity index (χ1) is 9.55. The van der Waals surface area contributed by atoms with E-state index in [0.29, 0.717) is 0 Å². The molecule has 112 valence electrons. The third-order valence-electron chi connectivity index (χ3n) is 4.10. The highest BCUT2D eigenvalue weighted by Crippen LogP contribution is 2.25. The minimum absolute atomic E-state index is 0.738. The van der Waals surface area contributed by atoms with Gasteiger partial charge in [0.25, 0.3) is 0 Å². The Balaban J connectivity index is 2.17. The number of aromatic nitrogens is 2. The molecule has 0 amide bonds. The lowest BCUT2D eigenvalue weighted by molar-refractivity contribution is 0.395. The number of likely N-dealkylation sites (tertiary alicyclic amines) is 1. The molecule has 1 N–H and O–H groups in total. The lowest BCUT2D eigenvalue weighted by Crippen LogP contribution is -2.29. The highest BCUT2D eigenvalue weighted by atomic mass is 15.2. The second-order valence-electron chi connectivity index (χ2n) is 5.84. The van der Waals surface area contributed by atoms with Crippen LogP contribution in [0.25, 0.3) is 0 Å². The predicted octanol–water partition coefficient (Wildman–Crippen LogP) is 1.78. The van der Waals surface area contributed by atoms with E-state index in [2.05, 4.69) is 48.0 Å². The summed E-state index contributed by atoms with van der Waals surface area (Å²) < 4.78 is 0. The number of aryl methyl sites for hydroxylation is 1. The second-order valence-corrected chi connectivity index (χ2v) is 5.84. The summed E-state index contributed by atoms with van der Waals surface area (Å²) in [5, 5.41) is 3.18. The zero-order chi connectivity index (χ0) is 14.7. The molecule has 1 unspecified atom stereocenters. The van der Waals surface area contributed by atoms with Crippen LogP contribution in [0.2, 0.25) is 0 Å². The fraction of sp³-hybridized carbons (Fsp3) is 0.733. The first-order valence-corrected chi connectivity index (χ1v) is 7.50. The molecule has 1 aromatic rings. The van der Waals surface area contributed by atoms with Crippen LogP contribution >= 0.6 is 0 Å². The van der Waals surface area contributed by atoms with Crippen LogP contribution in [0.5, 0.6) is 0 Å². The molecule has 0 aliphatic carbocycles. The van der Waals surface area contributed by atoms with E-state index in [1.165, 1.54) is 19.5 Å². The van der Waals surface area contributed by atoms with Gasteiger partial charge in [0.1, 0.15) is 17.5 Å². The molecule has 1 aliphatic rings. The zero-order valence-corrected chi connectivity index (χ0v) is 13.4. The molecule has 5 heteroatoms. The molecule has 1 atom stereocenters. The first kappa shape index (κ1) is 15.0. The molecule has 1 aromatic heterocycles. The van der Waals surface area contributed by atoms with Crippen LogP contribution in [0.15, 0.2) is 0 Å². The third kappa shape index (κ3) is 3.20. The fourth-order valence-electron chi connectivity index (χ4n) is 2.97. The van der Waals surface area contributed by atoms with Crippen molar-refractivity contribution in [1.82, 2.24) is 14.9 Å². The van der Waals surface area contributed by atoms with Crippen LogP contribution in [0.4, 0.5) is 11.6 Å². The van der Waals surface area contributed by atoms with Gasteiger partial charge in [-0.25, -0.2) is 9.97 Å². The van der Waals surface area contributed by atoms with Gasteiger partial charge in [-0.1, -0.05) is 6.92 Å². The van der Waals surface area contributed by atoms with Crippen molar-refractivity contribution >= 4 is 11.6 Å². The van der Waals surface area contributed by atoms with E-state index in [9.17, 15) is 0 Å². The van der Waals surface area contributed by atoms with Crippen molar-refractivity contribution < 1.29 is 0 Å². The maximum absolute atomic E-state index is 4.72. The van der Waals surface area contributed by atoms with E-state index in [1.807, 2.05) is 7.05 Å². The van der Waals surface area contributed by atoms with Gasteiger partial charge >= 0.3 is 0 Å². The van der Waals surface area contributed by atoms with E-state index >= 15 is 0 Å². The zero-order valence-electron chi connectivity index (χ0n) is 13.4. The maximum Gasteiger partial charge on any atom is 0.137 e. The molecule has 0 aromatic carbocycles. The van der Waals surface area contributed by atoms with Gasteiger partial charge in [-0.2, -0.15) is 0 Å². The molecule has 0 radical (unpaired) electrons. The molecular weight excluding hydrogens is 250 g/mol. The van der Waals surface area contributed by atoms with E-state index in [-0.39, 0.29) is 0 Å². The number of nitrogens with one attached hydrogen (secondary N) is 1. The second kappa shape index (κ2) is 6.39. The predicted molar refractivity (Wildman–Crippen MR) is 84.6 cm³/mol. The summed E-state index contributed by atoms with van der Waals surface area (Å²) in [6, 6.07) is 0. The lowest BCUT2D eigenvalue weighted by Gasteiger charge is -2.25. The molecule has 1 saturated heterocycles. The summed E-state index contributed by atoms with van der Waals surface area (Å²) in [4.78, 5) is 14.0. The van der Waals surface area contributed by atoms with Crippen LogP contribution in [0, 0.1) is 12.8 Å². The lowest BCUT2D eigenvalue weighted by atomic mass is 10.1. The van der Waals surface area contributed by atoms with Gasteiger partial charge in [0, 0.05) is 39.2 Å². The maximum atomic E-state index is 4.72. The number of nitrogens with zero attached hydrogens (tertiary/aromatic N) is 4. The molecule has 1 aliphatic heterocycles. The largest absolute Gasteiger partial charge is 0.373 e. The molecular formula is C15H27N5. The van der Waals surface area contributed by atoms with Crippen LogP contribution in [0.3, 0.4) is 0 Å². The Hall–Kier alpha value is -1.36. The van der Waals surface area contributed by atoms with Crippen molar-refractivity contribution in [2.24, 2.45) is 5.92 Å². The molecule has 2 heterocycles. The number of anilines is 2. The molecule has 2 rings (SSSR count). The molecule has 0 saturated carbocycles. The summed E-state index contributed by atoms with van der Waals surface area (Å²) in [5.74, 6) is 3.66. The summed E-state index contributed by atoms with van der Waals surface area (Å²) in [6.45, 7) is 7.66. The van der Waals surface area contributed by atoms with E-state index in [4.69, 9.17) is 4.98 Å². The smallest absolute Gasteiger partial charge is 0.137 e. The average molecular weight is 277 g/mol. The first-order valence-electron chi connectivity index (χ1n) is 7.50. The number of hydrogen-bond acceptors (Lipinski definition) is 5. The van der Waals surface area contributed by atoms with Crippen LogP contribution < -0.4 is 10.2 Å². The molecule has 0 bridgehead atoms. The van der Waals surface area contributed by atoms with Gasteiger partial charge in [-0.05, 0) is 32.9 Å². The Morgan fingerprint density at radius 2 is 2.15 bits per heavy atom. The van der Waals surface area contributed by atoms with Gasteiger partial charge in [0.15, 0.2) is 0 Å². The van der Waals surface area contributed by atoms with Crippen molar-refractivity contribution in [3.05, 3.63) is 11.4 Å². The van der Waals surface area contributed by atoms with E-state index < -0.39 is 0 Å². The summed E-state index contributed by atoms with van der Waals surface area (Å²) >= 11 is 0. The quantitative estimate of drug-likeness (QED) is 0.889. The summed E-state index contributed by atoms with van der Waals surface area (Å²) in [6.07, 6.45) is 2.15. The van der Waals surface area contributed by atoms with Crippen molar-refractivity contribution in [1.29, 1.82) is 0 Å². The molecule has 5 nitrogen and oxygen atoms in total. The average Bonchev–Trinajstić information content (AvgIpc) is 2.84.